The fraction of sp³-hybridized carbons (Fsp3) is 0.364. The summed E-state index contributed by atoms with van der Waals surface area (Å²) in [6.07, 6.45) is 0.643. The van der Waals surface area contributed by atoms with Gasteiger partial charge < -0.3 is 10.2 Å². The van der Waals surface area contributed by atoms with Crippen molar-refractivity contribution in [2.75, 3.05) is 0 Å². The van der Waals surface area contributed by atoms with E-state index in [1.165, 1.54) is 0 Å². The number of carbonyl (C=O) groups excluding carboxylic acids is 2. The third-order valence-corrected chi connectivity index (χ3v) is 5.28. The highest BCUT2D eigenvalue weighted by Gasteiger charge is 2.29. The van der Waals surface area contributed by atoms with Gasteiger partial charge in [-0.2, -0.15) is 0 Å². The molecule has 2 aromatic carbocycles. The summed E-state index contributed by atoms with van der Waals surface area (Å²) in [5, 5.41) is 4.49. The molecule has 29 heavy (non-hydrogen) atoms. The van der Waals surface area contributed by atoms with E-state index >= 15 is 0 Å². The van der Waals surface area contributed by atoms with Gasteiger partial charge in [0, 0.05) is 27.7 Å². The Hall–Kier alpha value is -1.75. The zero-order valence-electron chi connectivity index (χ0n) is 16.7. The van der Waals surface area contributed by atoms with Gasteiger partial charge in [-0.25, -0.2) is 0 Å². The van der Waals surface area contributed by atoms with Crippen LogP contribution in [0.5, 0.6) is 0 Å². The van der Waals surface area contributed by atoms with Crippen LogP contribution >= 0.6 is 34.8 Å². The van der Waals surface area contributed by atoms with Gasteiger partial charge in [0.15, 0.2) is 0 Å². The first-order valence-corrected chi connectivity index (χ1v) is 10.6. The van der Waals surface area contributed by atoms with Crippen LogP contribution in [-0.2, 0) is 22.6 Å². The smallest absolute Gasteiger partial charge is 0.243 e. The second-order valence-electron chi connectivity index (χ2n) is 7.15. The summed E-state index contributed by atoms with van der Waals surface area (Å²) in [6, 6.07) is 11.6. The molecule has 0 saturated carbocycles. The van der Waals surface area contributed by atoms with Gasteiger partial charge in [0.1, 0.15) is 6.04 Å². The number of benzene rings is 2. The summed E-state index contributed by atoms with van der Waals surface area (Å²) >= 11 is 18.3. The van der Waals surface area contributed by atoms with E-state index in [9.17, 15) is 9.59 Å². The number of hydrogen-bond donors (Lipinski definition) is 1. The molecule has 0 aliphatic rings. The maximum absolute atomic E-state index is 13.2. The van der Waals surface area contributed by atoms with Crippen molar-refractivity contribution in [1.29, 1.82) is 0 Å². The fourth-order valence-electron chi connectivity index (χ4n) is 3.01. The molecule has 2 amide bonds. The Morgan fingerprint density at radius 1 is 1.00 bits per heavy atom. The molecule has 0 unspecified atom stereocenters. The van der Waals surface area contributed by atoms with Gasteiger partial charge in [-0.05, 0) is 55.7 Å². The van der Waals surface area contributed by atoms with Crippen molar-refractivity contribution in [3.63, 3.8) is 0 Å². The van der Waals surface area contributed by atoms with Crippen LogP contribution in [0.1, 0.15) is 38.3 Å². The van der Waals surface area contributed by atoms with Gasteiger partial charge >= 0.3 is 0 Å². The lowest BCUT2D eigenvalue weighted by molar-refractivity contribution is -0.141. The Morgan fingerprint density at radius 3 is 2.17 bits per heavy atom. The Kier molecular flexibility index (Phi) is 8.81. The van der Waals surface area contributed by atoms with E-state index < -0.39 is 6.04 Å². The first kappa shape index (κ1) is 23.5. The van der Waals surface area contributed by atoms with Crippen molar-refractivity contribution < 1.29 is 9.59 Å². The molecule has 0 bridgehead atoms. The molecule has 7 heteroatoms. The number of hydrogen-bond acceptors (Lipinski definition) is 2. The number of halogens is 3. The minimum atomic E-state index is -0.607. The molecule has 4 nitrogen and oxygen atoms in total. The molecular formula is C22H25Cl3N2O2. The normalized spacial score (nSPS) is 12.0. The van der Waals surface area contributed by atoms with Crippen molar-refractivity contribution in [2.24, 2.45) is 0 Å². The summed E-state index contributed by atoms with van der Waals surface area (Å²) in [5.41, 5.74) is 1.56. The average molecular weight is 456 g/mol. The Labute approximate surface area is 187 Å². The molecule has 0 radical (unpaired) electrons. The number of carbonyl (C=O) groups is 2. The number of nitrogens with zero attached hydrogens (tertiary/aromatic N) is 1. The van der Waals surface area contributed by atoms with E-state index in [1.54, 1.807) is 35.2 Å². The van der Waals surface area contributed by atoms with Gasteiger partial charge in [-0.15, -0.1) is 0 Å². The maximum Gasteiger partial charge on any atom is 0.243 e. The standard InChI is InChI=1S/C22H25Cl3N2O2/c1-4-20(22(29)26-14(2)3)27(13-16-7-10-18(24)12-19(16)25)21(28)11-15-5-8-17(23)9-6-15/h5-10,12,14,20H,4,11,13H2,1-3H3,(H,26,29)/t20-/m1/s1. The molecule has 2 rings (SSSR count). The third kappa shape index (κ3) is 6.91. The van der Waals surface area contributed by atoms with E-state index in [0.717, 1.165) is 11.1 Å². The van der Waals surface area contributed by atoms with Gasteiger partial charge in [-0.1, -0.05) is 59.9 Å². The van der Waals surface area contributed by atoms with Crippen LogP contribution < -0.4 is 5.32 Å². The van der Waals surface area contributed by atoms with Crippen LogP contribution in [0.2, 0.25) is 15.1 Å². The van der Waals surface area contributed by atoms with Crippen LogP contribution in [0.4, 0.5) is 0 Å². The second-order valence-corrected chi connectivity index (χ2v) is 8.43. The average Bonchev–Trinajstić information content (AvgIpc) is 2.64. The number of amides is 2. The largest absolute Gasteiger partial charge is 0.352 e. The molecule has 0 aliphatic carbocycles. The quantitative estimate of drug-likeness (QED) is 0.569. The molecule has 2 aromatic rings. The molecular weight excluding hydrogens is 431 g/mol. The molecule has 0 heterocycles. The van der Waals surface area contributed by atoms with Gasteiger partial charge in [-0.3, -0.25) is 9.59 Å². The highest BCUT2D eigenvalue weighted by molar-refractivity contribution is 6.35. The lowest BCUT2D eigenvalue weighted by Gasteiger charge is -2.31. The van der Waals surface area contributed by atoms with Crippen LogP contribution in [0.25, 0.3) is 0 Å². The van der Waals surface area contributed by atoms with Gasteiger partial charge in [0.25, 0.3) is 0 Å². The zero-order valence-corrected chi connectivity index (χ0v) is 19.0. The first-order valence-electron chi connectivity index (χ1n) is 9.49. The number of rotatable bonds is 8. The maximum atomic E-state index is 13.2. The third-order valence-electron chi connectivity index (χ3n) is 4.44. The fourth-order valence-corrected chi connectivity index (χ4v) is 3.61. The monoisotopic (exact) mass is 454 g/mol. The molecule has 0 fully saturated rings. The van der Waals surface area contributed by atoms with E-state index in [-0.39, 0.29) is 30.8 Å². The topological polar surface area (TPSA) is 49.4 Å². The predicted octanol–water partition coefficient (Wildman–Crippen LogP) is 5.52. The molecule has 1 atom stereocenters. The predicted molar refractivity (Wildman–Crippen MR) is 120 cm³/mol. The molecule has 0 aliphatic heterocycles. The summed E-state index contributed by atoms with van der Waals surface area (Å²) in [4.78, 5) is 27.6. The van der Waals surface area contributed by atoms with E-state index in [2.05, 4.69) is 5.32 Å². The van der Waals surface area contributed by atoms with E-state index in [0.29, 0.717) is 21.5 Å². The number of nitrogens with one attached hydrogen (secondary N) is 1. The van der Waals surface area contributed by atoms with Gasteiger partial charge in [0.05, 0.1) is 6.42 Å². The van der Waals surface area contributed by atoms with Crippen molar-refractivity contribution in [2.45, 2.75) is 52.2 Å². The van der Waals surface area contributed by atoms with Crippen molar-refractivity contribution in [1.82, 2.24) is 10.2 Å². The van der Waals surface area contributed by atoms with Crippen LogP contribution in [0.15, 0.2) is 42.5 Å². The summed E-state index contributed by atoms with van der Waals surface area (Å²) in [7, 11) is 0. The van der Waals surface area contributed by atoms with E-state index in [4.69, 9.17) is 34.8 Å². The first-order chi connectivity index (χ1) is 13.7. The van der Waals surface area contributed by atoms with Crippen molar-refractivity contribution >= 4 is 46.6 Å². The SMILES string of the molecule is CC[C@H](C(=O)NC(C)C)N(Cc1ccc(Cl)cc1Cl)C(=O)Cc1ccc(Cl)cc1. The lowest BCUT2D eigenvalue weighted by Crippen LogP contribution is -2.50. The minimum Gasteiger partial charge on any atom is -0.352 e. The molecule has 156 valence electrons. The van der Waals surface area contributed by atoms with Crippen LogP contribution in [-0.4, -0.2) is 28.8 Å². The Bertz CT molecular complexity index is 854. The van der Waals surface area contributed by atoms with Crippen molar-refractivity contribution in [3.05, 3.63) is 68.7 Å². The lowest BCUT2D eigenvalue weighted by atomic mass is 10.1. The van der Waals surface area contributed by atoms with Crippen LogP contribution in [0.3, 0.4) is 0 Å². The zero-order chi connectivity index (χ0) is 21.6. The minimum absolute atomic E-state index is 0.0242. The van der Waals surface area contributed by atoms with Crippen LogP contribution in [0, 0.1) is 0 Å². The molecule has 0 saturated heterocycles. The Morgan fingerprint density at radius 2 is 1.62 bits per heavy atom. The summed E-state index contributed by atoms with van der Waals surface area (Å²) in [5.74, 6) is -0.346. The highest BCUT2D eigenvalue weighted by atomic mass is 35.5. The van der Waals surface area contributed by atoms with Gasteiger partial charge in [0.2, 0.25) is 11.8 Å². The summed E-state index contributed by atoms with van der Waals surface area (Å²) < 4.78 is 0. The molecule has 0 spiro atoms. The second kappa shape index (κ2) is 10.9. The molecule has 0 aromatic heterocycles. The molecule has 1 N–H and O–H groups in total. The Balaban J connectivity index is 2.33. The van der Waals surface area contributed by atoms with Crippen molar-refractivity contribution in [3.8, 4) is 0 Å². The summed E-state index contributed by atoms with van der Waals surface area (Å²) in [6.45, 7) is 5.88. The highest BCUT2D eigenvalue weighted by Crippen LogP contribution is 2.24. The van der Waals surface area contributed by atoms with E-state index in [1.807, 2.05) is 32.9 Å².